The summed E-state index contributed by atoms with van der Waals surface area (Å²) in [5, 5.41) is 2.96. The number of hydrogen-bond acceptors (Lipinski definition) is 2. The molecule has 1 amide bonds. The van der Waals surface area contributed by atoms with Gasteiger partial charge in [0.25, 0.3) is 0 Å². The number of nitrogens with two attached hydrogens (primary N) is 1. The largest absolute Gasteiger partial charge is 0.392 e. The lowest BCUT2D eigenvalue weighted by Crippen LogP contribution is -2.43. The van der Waals surface area contributed by atoms with Gasteiger partial charge in [-0.05, 0) is 26.2 Å². The van der Waals surface area contributed by atoms with Gasteiger partial charge < -0.3 is 11.1 Å². The summed E-state index contributed by atoms with van der Waals surface area (Å²) in [5.74, 6) is 0.0194. The number of hydrogen-bond donors (Lipinski definition) is 2. The van der Waals surface area contributed by atoms with E-state index < -0.39 is 5.41 Å². The van der Waals surface area contributed by atoms with Gasteiger partial charge in [-0.2, -0.15) is 0 Å². The monoisotopic (exact) mass is 214 g/mol. The van der Waals surface area contributed by atoms with Crippen molar-refractivity contribution in [2.45, 2.75) is 45.6 Å². The molecule has 0 saturated heterocycles. The fraction of sp³-hybridized carbons (Fsp3) is 0.800. The van der Waals surface area contributed by atoms with Crippen LogP contribution < -0.4 is 11.1 Å². The molecule has 3 N–H and O–H groups in total. The highest BCUT2D eigenvalue weighted by Gasteiger charge is 2.52. The van der Waals surface area contributed by atoms with Gasteiger partial charge in [0.15, 0.2) is 0 Å². The van der Waals surface area contributed by atoms with Gasteiger partial charge in [-0.1, -0.05) is 25.6 Å². The standard InChI is InChI=1S/C10H18N2OS/c1-3-4-7(2)12-9(13)10(5-6-10)8(11)14/h7H,3-6H2,1-2H3,(H2,11,14)(H,12,13). The molecule has 1 rings (SSSR count). The van der Waals surface area contributed by atoms with Crippen LogP contribution in [0.25, 0.3) is 0 Å². The van der Waals surface area contributed by atoms with Gasteiger partial charge in [-0.25, -0.2) is 0 Å². The molecule has 0 aromatic heterocycles. The second-order valence-electron chi connectivity index (χ2n) is 4.11. The van der Waals surface area contributed by atoms with Crippen molar-refractivity contribution < 1.29 is 4.79 Å². The van der Waals surface area contributed by atoms with E-state index in [1.807, 2.05) is 6.92 Å². The van der Waals surface area contributed by atoms with Gasteiger partial charge in [-0.15, -0.1) is 0 Å². The molecule has 4 heteroatoms. The summed E-state index contributed by atoms with van der Waals surface area (Å²) in [6, 6.07) is 0.222. The SMILES string of the molecule is CCCC(C)NC(=O)C1(C(N)=S)CC1. The molecule has 0 aliphatic heterocycles. The molecule has 14 heavy (non-hydrogen) atoms. The Balaban J connectivity index is 2.46. The minimum Gasteiger partial charge on any atom is -0.392 e. The fourth-order valence-electron chi connectivity index (χ4n) is 1.58. The van der Waals surface area contributed by atoms with Crippen LogP contribution in [0.4, 0.5) is 0 Å². The van der Waals surface area contributed by atoms with Gasteiger partial charge in [0.05, 0.1) is 10.4 Å². The van der Waals surface area contributed by atoms with Crippen LogP contribution in [0.5, 0.6) is 0 Å². The van der Waals surface area contributed by atoms with E-state index in [0.29, 0.717) is 4.99 Å². The lowest BCUT2D eigenvalue weighted by Gasteiger charge is -2.18. The van der Waals surface area contributed by atoms with Crippen molar-refractivity contribution in [1.29, 1.82) is 0 Å². The van der Waals surface area contributed by atoms with E-state index in [2.05, 4.69) is 12.2 Å². The zero-order chi connectivity index (χ0) is 10.8. The number of nitrogens with one attached hydrogen (secondary N) is 1. The van der Waals surface area contributed by atoms with E-state index in [0.717, 1.165) is 25.7 Å². The first-order valence-electron chi connectivity index (χ1n) is 5.14. The number of carbonyl (C=O) groups is 1. The Labute approximate surface area is 90.4 Å². The average molecular weight is 214 g/mol. The molecule has 0 spiro atoms. The molecule has 3 nitrogen and oxygen atoms in total. The Bertz CT molecular complexity index is 249. The molecular weight excluding hydrogens is 196 g/mol. The highest BCUT2D eigenvalue weighted by molar-refractivity contribution is 7.80. The molecule has 0 radical (unpaired) electrons. The Morgan fingerprint density at radius 1 is 1.64 bits per heavy atom. The van der Waals surface area contributed by atoms with Crippen LogP contribution in [0.15, 0.2) is 0 Å². The summed E-state index contributed by atoms with van der Waals surface area (Å²) in [7, 11) is 0. The molecule has 0 heterocycles. The quantitative estimate of drug-likeness (QED) is 0.679. The van der Waals surface area contributed by atoms with Gasteiger partial charge >= 0.3 is 0 Å². The summed E-state index contributed by atoms with van der Waals surface area (Å²) < 4.78 is 0. The summed E-state index contributed by atoms with van der Waals surface area (Å²) in [6.07, 6.45) is 3.70. The molecule has 0 aromatic carbocycles. The van der Waals surface area contributed by atoms with E-state index in [1.54, 1.807) is 0 Å². The van der Waals surface area contributed by atoms with E-state index in [-0.39, 0.29) is 11.9 Å². The van der Waals surface area contributed by atoms with Crippen LogP contribution in [0, 0.1) is 5.41 Å². The molecule has 1 atom stereocenters. The van der Waals surface area contributed by atoms with E-state index in [1.165, 1.54) is 0 Å². The lowest BCUT2D eigenvalue weighted by atomic mass is 10.1. The second-order valence-corrected chi connectivity index (χ2v) is 4.55. The Hall–Kier alpha value is -0.640. The molecule has 1 aliphatic carbocycles. The molecule has 1 fully saturated rings. The third-order valence-corrected chi connectivity index (χ3v) is 3.15. The second kappa shape index (κ2) is 4.26. The summed E-state index contributed by atoms with van der Waals surface area (Å²) in [6.45, 7) is 4.11. The number of amides is 1. The first-order valence-corrected chi connectivity index (χ1v) is 5.54. The lowest BCUT2D eigenvalue weighted by molar-refractivity contribution is -0.124. The van der Waals surface area contributed by atoms with Crippen molar-refractivity contribution in [1.82, 2.24) is 5.32 Å². The van der Waals surface area contributed by atoms with Crippen LogP contribution in [-0.2, 0) is 4.79 Å². The predicted molar refractivity (Wildman–Crippen MR) is 61.0 cm³/mol. The maximum absolute atomic E-state index is 11.8. The highest BCUT2D eigenvalue weighted by atomic mass is 32.1. The minimum atomic E-state index is -0.503. The average Bonchev–Trinajstić information content (AvgIpc) is 2.83. The molecule has 1 unspecified atom stereocenters. The van der Waals surface area contributed by atoms with E-state index in [9.17, 15) is 4.79 Å². The van der Waals surface area contributed by atoms with Crippen molar-refractivity contribution in [3.8, 4) is 0 Å². The predicted octanol–water partition coefficient (Wildman–Crippen LogP) is 1.36. The summed E-state index contributed by atoms with van der Waals surface area (Å²) in [4.78, 5) is 12.1. The van der Waals surface area contributed by atoms with Crippen LogP contribution in [-0.4, -0.2) is 16.9 Å². The highest BCUT2D eigenvalue weighted by Crippen LogP contribution is 2.46. The van der Waals surface area contributed by atoms with Crippen molar-refractivity contribution in [2.75, 3.05) is 0 Å². The Morgan fingerprint density at radius 3 is 2.57 bits per heavy atom. The molecule has 80 valence electrons. The van der Waals surface area contributed by atoms with Gasteiger partial charge in [0.1, 0.15) is 0 Å². The first kappa shape index (κ1) is 11.4. The van der Waals surface area contributed by atoms with Gasteiger partial charge in [-0.3, -0.25) is 4.79 Å². The number of carbonyl (C=O) groups excluding carboxylic acids is 1. The third-order valence-electron chi connectivity index (χ3n) is 2.76. The zero-order valence-electron chi connectivity index (χ0n) is 8.80. The van der Waals surface area contributed by atoms with Crippen molar-refractivity contribution >= 4 is 23.1 Å². The third kappa shape index (κ3) is 2.23. The number of thiocarbonyl (C=S) groups is 1. The maximum Gasteiger partial charge on any atom is 0.233 e. The summed E-state index contributed by atoms with van der Waals surface area (Å²) in [5.41, 5.74) is 5.05. The molecule has 0 bridgehead atoms. The van der Waals surface area contributed by atoms with Gasteiger partial charge in [0, 0.05) is 6.04 Å². The van der Waals surface area contributed by atoms with E-state index in [4.69, 9.17) is 18.0 Å². The van der Waals surface area contributed by atoms with Crippen molar-refractivity contribution in [3.63, 3.8) is 0 Å². The molecule has 1 aliphatic rings. The minimum absolute atomic E-state index is 0.0194. The fourth-order valence-corrected chi connectivity index (χ4v) is 1.87. The van der Waals surface area contributed by atoms with Gasteiger partial charge in [0.2, 0.25) is 5.91 Å². The van der Waals surface area contributed by atoms with Crippen molar-refractivity contribution in [3.05, 3.63) is 0 Å². The zero-order valence-corrected chi connectivity index (χ0v) is 9.62. The molecule has 1 saturated carbocycles. The first-order chi connectivity index (χ1) is 6.53. The van der Waals surface area contributed by atoms with Crippen LogP contribution >= 0.6 is 12.2 Å². The Kier molecular flexibility index (Phi) is 3.48. The Morgan fingerprint density at radius 2 is 2.21 bits per heavy atom. The topological polar surface area (TPSA) is 55.1 Å². The summed E-state index contributed by atoms with van der Waals surface area (Å²) >= 11 is 4.90. The number of rotatable bonds is 5. The van der Waals surface area contributed by atoms with E-state index >= 15 is 0 Å². The molecule has 0 aromatic rings. The van der Waals surface area contributed by atoms with Crippen LogP contribution in [0.2, 0.25) is 0 Å². The van der Waals surface area contributed by atoms with Crippen LogP contribution in [0.3, 0.4) is 0 Å². The normalized spacial score (nSPS) is 19.9. The van der Waals surface area contributed by atoms with Crippen molar-refractivity contribution in [2.24, 2.45) is 11.1 Å². The maximum atomic E-state index is 11.8. The van der Waals surface area contributed by atoms with Crippen LogP contribution in [0.1, 0.15) is 39.5 Å². The molecular formula is C10H18N2OS. The smallest absolute Gasteiger partial charge is 0.233 e.